The van der Waals surface area contributed by atoms with Crippen LogP contribution in [-0.2, 0) is 6.42 Å². The van der Waals surface area contributed by atoms with Gasteiger partial charge in [-0.3, -0.25) is 9.78 Å². The Morgan fingerprint density at radius 3 is 2.69 bits per heavy atom. The molecule has 148 valence electrons. The van der Waals surface area contributed by atoms with E-state index in [-0.39, 0.29) is 5.91 Å². The molecule has 7 heteroatoms. The van der Waals surface area contributed by atoms with Crippen LogP contribution >= 0.6 is 0 Å². The first kappa shape index (κ1) is 19.0. The van der Waals surface area contributed by atoms with E-state index in [9.17, 15) is 4.79 Å². The minimum atomic E-state index is -0.0655. The zero-order valence-corrected chi connectivity index (χ0v) is 16.6. The minimum absolute atomic E-state index is 0.0655. The fourth-order valence-electron chi connectivity index (χ4n) is 3.02. The van der Waals surface area contributed by atoms with Crippen LogP contribution in [0.5, 0.6) is 0 Å². The molecule has 0 bridgehead atoms. The number of aromatic nitrogens is 4. The first-order valence-corrected chi connectivity index (χ1v) is 9.92. The van der Waals surface area contributed by atoms with Crippen LogP contribution in [0, 0.1) is 12.8 Å². The molecule has 2 N–H and O–H groups in total. The third-order valence-electron chi connectivity index (χ3n) is 4.95. The van der Waals surface area contributed by atoms with E-state index in [1.807, 2.05) is 38.1 Å². The fraction of sp³-hybridized carbons (Fsp3) is 0.318. The van der Waals surface area contributed by atoms with Crippen molar-refractivity contribution in [3.63, 3.8) is 0 Å². The number of amides is 1. The summed E-state index contributed by atoms with van der Waals surface area (Å²) < 4.78 is 0. The van der Waals surface area contributed by atoms with E-state index < -0.39 is 0 Å². The lowest BCUT2D eigenvalue weighted by Crippen LogP contribution is -2.26. The summed E-state index contributed by atoms with van der Waals surface area (Å²) in [4.78, 5) is 30.0. The second-order valence-corrected chi connectivity index (χ2v) is 7.28. The molecule has 3 heterocycles. The maximum Gasteiger partial charge on any atom is 0.253 e. The van der Waals surface area contributed by atoms with Crippen molar-refractivity contribution in [3.8, 4) is 11.1 Å². The van der Waals surface area contributed by atoms with Crippen LogP contribution in [0.15, 0.2) is 42.9 Å². The summed E-state index contributed by atoms with van der Waals surface area (Å²) in [6.45, 7) is 4.61. The van der Waals surface area contributed by atoms with Gasteiger partial charge in [-0.05, 0) is 55.5 Å². The SMILES string of the molecule is CCc1nccc(Nc2cc(-c3cnc(C)c(C(=O)NCC4CC4)c3)ccn2)n1. The number of carbonyl (C=O) groups is 1. The smallest absolute Gasteiger partial charge is 0.253 e. The molecule has 0 aliphatic heterocycles. The van der Waals surface area contributed by atoms with E-state index in [0.717, 1.165) is 35.6 Å². The number of carbonyl (C=O) groups excluding carboxylic acids is 1. The van der Waals surface area contributed by atoms with E-state index in [1.165, 1.54) is 12.8 Å². The Balaban J connectivity index is 1.55. The van der Waals surface area contributed by atoms with Crippen molar-refractivity contribution in [2.24, 2.45) is 5.92 Å². The maximum absolute atomic E-state index is 12.6. The number of aryl methyl sites for hydroxylation is 2. The van der Waals surface area contributed by atoms with Crippen molar-refractivity contribution >= 4 is 17.5 Å². The van der Waals surface area contributed by atoms with Crippen LogP contribution in [-0.4, -0.2) is 32.4 Å². The van der Waals surface area contributed by atoms with Crippen molar-refractivity contribution < 1.29 is 4.79 Å². The summed E-state index contributed by atoms with van der Waals surface area (Å²) in [6, 6.07) is 7.53. The van der Waals surface area contributed by atoms with Crippen LogP contribution in [0.25, 0.3) is 11.1 Å². The fourth-order valence-corrected chi connectivity index (χ4v) is 3.02. The summed E-state index contributed by atoms with van der Waals surface area (Å²) in [6.07, 6.45) is 8.42. The molecule has 0 radical (unpaired) electrons. The quantitative estimate of drug-likeness (QED) is 0.641. The minimum Gasteiger partial charge on any atom is -0.352 e. The lowest BCUT2D eigenvalue weighted by molar-refractivity contribution is 0.0951. The van der Waals surface area contributed by atoms with Gasteiger partial charge >= 0.3 is 0 Å². The van der Waals surface area contributed by atoms with E-state index in [4.69, 9.17) is 0 Å². The van der Waals surface area contributed by atoms with Crippen LogP contribution in [0.1, 0.15) is 41.6 Å². The highest BCUT2D eigenvalue weighted by Gasteiger charge is 2.22. The Morgan fingerprint density at radius 1 is 1.07 bits per heavy atom. The Hall–Kier alpha value is -3.35. The van der Waals surface area contributed by atoms with Gasteiger partial charge in [0.05, 0.1) is 11.3 Å². The van der Waals surface area contributed by atoms with Gasteiger partial charge in [0.1, 0.15) is 17.5 Å². The van der Waals surface area contributed by atoms with Gasteiger partial charge in [-0.25, -0.2) is 15.0 Å². The topological polar surface area (TPSA) is 92.7 Å². The number of hydrogen-bond donors (Lipinski definition) is 2. The van der Waals surface area contributed by atoms with Crippen molar-refractivity contribution in [3.05, 3.63) is 59.9 Å². The summed E-state index contributed by atoms with van der Waals surface area (Å²) in [5, 5.41) is 6.23. The normalized spacial score (nSPS) is 13.2. The molecular weight excluding hydrogens is 364 g/mol. The average molecular weight is 388 g/mol. The molecular formula is C22H24N6O. The largest absolute Gasteiger partial charge is 0.352 e. The van der Waals surface area contributed by atoms with Crippen LogP contribution in [0.3, 0.4) is 0 Å². The number of hydrogen-bond acceptors (Lipinski definition) is 6. The molecule has 29 heavy (non-hydrogen) atoms. The van der Waals surface area contributed by atoms with E-state index in [2.05, 4.69) is 30.6 Å². The monoisotopic (exact) mass is 388 g/mol. The highest BCUT2D eigenvalue weighted by molar-refractivity contribution is 5.96. The highest BCUT2D eigenvalue weighted by atomic mass is 16.1. The molecule has 0 spiro atoms. The zero-order valence-electron chi connectivity index (χ0n) is 16.6. The zero-order chi connectivity index (χ0) is 20.2. The van der Waals surface area contributed by atoms with Crippen molar-refractivity contribution in [2.45, 2.75) is 33.1 Å². The van der Waals surface area contributed by atoms with Gasteiger partial charge in [0, 0.05) is 37.1 Å². The van der Waals surface area contributed by atoms with Gasteiger partial charge in [-0.1, -0.05) is 6.92 Å². The van der Waals surface area contributed by atoms with E-state index in [1.54, 1.807) is 18.6 Å². The first-order valence-electron chi connectivity index (χ1n) is 9.92. The highest BCUT2D eigenvalue weighted by Crippen LogP contribution is 2.28. The van der Waals surface area contributed by atoms with Crippen molar-refractivity contribution in [2.75, 3.05) is 11.9 Å². The first-order chi connectivity index (χ1) is 14.1. The molecule has 0 saturated heterocycles. The summed E-state index contributed by atoms with van der Waals surface area (Å²) in [7, 11) is 0. The third-order valence-corrected chi connectivity index (χ3v) is 4.95. The maximum atomic E-state index is 12.6. The summed E-state index contributed by atoms with van der Waals surface area (Å²) in [5.41, 5.74) is 3.13. The Bertz CT molecular complexity index is 1030. The molecule has 0 atom stereocenters. The molecule has 1 saturated carbocycles. The van der Waals surface area contributed by atoms with Crippen LogP contribution < -0.4 is 10.6 Å². The number of anilines is 2. The molecule has 0 unspecified atom stereocenters. The standard InChI is InChI=1S/C22H24N6O/c1-3-19-23-9-7-20(27-19)28-21-11-16(6-8-24-21)17-10-18(14(2)25-13-17)22(29)26-12-15-4-5-15/h6-11,13,15H,3-5,12H2,1-2H3,(H,26,29)(H,23,24,27,28). The lowest BCUT2D eigenvalue weighted by atomic mass is 10.0. The molecule has 1 aliphatic rings. The van der Waals surface area contributed by atoms with Crippen molar-refractivity contribution in [1.29, 1.82) is 0 Å². The van der Waals surface area contributed by atoms with Gasteiger partial charge in [0.25, 0.3) is 5.91 Å². The Labute approximate surface area is 170 Å². The Morgan fingerprint density at radius 2 is 1.90 bits per heavy atom. The predicted molar refractivity (Wildman–Crippen MR) is 112 cm³/mol. The van der Waals surface area contributed by atoms with Crippen molar-refractivity contribution in [1.82, 2.24) is 25.3 Å². The number of nitrogens with one attached hydrogen (secondary N) is 2. The third kappa shape index (κ3) is 4.74. The van der Waals surface area contributed by atoms with Gasteiger partial charge < -0.3 is 10.6 Å². The average Bonchev–Trinajstić information content (AvgIpc) is 3.57. The Kier molecular flexibility index (Phi) is 5.46. The molecule has 1 fully saturated rings. The molecule has 3 aromatic heterocycles. The van der Waals surface area contributed by atoms with Gasteiger partial charge in [0.15, 0.2) is 0 Å². The van der Waals surface area contributed by atoms with Crippen LogP contribution in [0.4, 0.5) is 11.6 Å². The number of nitrogens with zero attached hydrogens (tertiary/aromatic N) is 4. The molecule has 7 nitrogen and oxygen atoms in total. The summed E-state index contributed by atoms with van der Waals surface area (Å²) in [5.74, 6) is 2.71. The predicted octanol–water partition coefficient (Wildman–Crippen LogP) is 3.69. The van der Waals surface area contributed by atoms with Crippen LogP contribution in [0.2, 0.25) is 0 Å². The molecule has 0 aromatic carbocycles. The van der Waals surface area contributed by atoms with Gasteiger partial charge in [-0.2, -0.15) is 0 Å². The van der Waals surface area contributed by atoms with Gasteiger partial charge in [-0.15, -0.1) is 0 Å². The molecule has 3 aromatic rings. The second kappa shape index (κ2) is 8.34. The molecule has 1 amide bonds. The number of pyridine rings is 2. The van der Waals surface area contributed by atoms with E-state index >= 15 is 0 Å². The number of rotatable bonds is 7. The van der Waals surface area contributed by atoms with E-state index in [0.29, 0.717) is 23.1 Å². The summed E-state index contributed by atoms with van der Waals surface area (Å²) >= 11 is 0. The molecule has 4 rings (SSSR count). The lowest BCUT2D eigenvalue weighted by Gasteiger charge is -2.10. The second-order valence-electron chi connectivity index (χ2n) is 7.28. The van der Waals surface area contributed by atoms with Gasteiger partial charge in [0.2, 0.25) is 0 Å². The molecule has 1 aliphatic carbocycles.